The first-order valence-corrected chi connectivity index (χ1v) is 9.85. The number of benzene rings is 3. The molecule has 3 rings (SSSR count). The Bertz CT molecular complexity index is 1040. The third kappa shape index (κ3) is 5.26. The van der Waals surface area contributed by atoms with Crippen molar-refractivity contribution in [3.8, 4) is 5.75 Å². The fraction of sp³-hybridized carbons (Fsp3) is 0.200. The first-order chi connectivity index (χ1) is 14.3. The molecule has 3 aromatic rings. The molecule has 0 fully saturated rings. The normalized spacial score (nSPS) is 11.5. The van der Waals surface area contributed by atoms with E-state index in [0.29, 0.717) is 11.3 Å². The van der Waals surface area contributed by atoms with E-state index >= 15 is 0 Å². The Balaban J connectivity index is 1.59. The van der Waals surface area contributed by atoms with Gasteiger partial charge in [0.05, 0.1) is 0 Å². The average molecular weight is 402 g/mol. The Morgan fingerprint density at radius 2 is 1.50 bits per heavy atom. The molecule has 0 bridgehead atoms. The van der Waals surface area contributed by atoms with Crippen molar-refractivity contribution < 1.29 is 14.3 Å². The largest absolute Gasteiger partial charge is 0.481 e. The second kappa shape index (κ2) is 9.27. The number of hydrogen-bond acceptors (Lipinski definition) is 3. The van der Waals surface area contributed by atoms with Crippen molar-refractivity contribution >= 4 is 23.2 Å². The summed E-state index contributed by atoms with van der Waals surface area (Å²) in [5.41, 5.74) is 5.30. The smallest absolute Gasteiger partial charge is 0.265 e. The van der Waals surface area contributed by atoms with Crippen LogP contribution in [0.4, 0.5) is 11.4 Å². The minimum Gasteiger partial charge on any atom is -0.481 e. The Kier molecular flexibility index (Phi) is 6.52. The quantitative estimate of drug-likeness (QED) is 0.590. The predicted octanol–water partition coefficient (Wildman–Crippen LogP) is 5.27. The van der Waals surface area contributed by atoms with E-state index in [-0.39, 0.29) is 11.8 Å². The maximum Gasteiger partial charge on any atom is 0.265 e. The maximum atomic E-state index is 12.5. The second-order valence-electron chi connectivity index (χ2n) is 7.34. The summed E-state index contributed by atoms with van der Waals surface area (Å²) in [6, 6.07) is 20.1. The first-order valence-electron chi connectivity index (χ1n) is 9.85. The molecule has 0 aliphatic heterocycles. The van der Waals surface area contributed by atoms with Crippen LogP contribution in [0.5, 0.6) is 5.75 Å². The van der Waals surface area contributed by atoms with Gasteiger partial charge in [0.2, 0.25) is 0 Å². The van der Waals surface area contributed by atoms with Crippen LogP contribution in [-0.2, 0) is 4.79 Å². The van der Waals surface area contributed by atoms with Crippen LogP contribution in [0.15, 0.2) is 66.7 Å². The van der Waals surface area contributed by atoms with Crippen molar-refractivity contribution in [1.82, 2.24) is 0 Å². The lowest BCUT2D eigenvalue weighted by Gasteiger charge is -2.16. The summed E-state index contributed by atoms with van der Waals surface area (Å²) in [5, 5.41) is 5.76. The molecule has 3 aromatic carbocycles. The standard InChI is InChI=1S/C25H26N2O3/c1-16-8-12-21(13-9-16)26-25(29)20-10-14-22(15-11-20)30-19(4)24(28)27-23-7-5-6-17(2)18(23)3/h5-15,19H,1-4H3,(H,26,29)(H,27,28). The van der Waals surface area contributed by atoms with E-state index in [4.69, 9.17) is 4.74 Å². The lowest BCUT2D eigenvalue weighted by Crippen LogP contribution is -2.30. The number of anilines is 2. The van der Waals surface area contributed by atoms with Gasteiger partial charge in [0.1, 0.15) is 5.75 Å². The fourth-order valence-electron chi connectivity index (χ4n) is 2.90. The summed E-state index contributed by atoms with van der Waals surface area (Å²) in [5.74, 6) is 0.0847. The zero-order valence-electron chi connectivity index (χ0n) is 17.7. The van der Waals surface area contributed by atoms with Crippen LogP contribution >= 0.6 is 0 Å². The van der Waals surface area contributed by atoms with Gasteiger partial charge in [-0.25, -0.2) is 0 Å². The molecule has 2 N–H and O–H groups in total. The number of carbonyl (C=O) groups excluding carboxylic acids is 2. The Labute approximate surface area is 177 Å². The van der Waals surface area contributed by atoms with E-state index in [1.54, 1.807) is 31.2 Å². The summed E-state index contributed by atoms with van der Waals surface area (Å²) < 4.78 is 5.74. The van der Waals surface area contributed by atoms with Crippen LogP contribution in [0.2, 0.25) is 0 Å². The van der Waals surface area contributed by atoms with Crippen LogP contribution in [0.3, 0.4) is 0 Å². The van der Waals surface area contributed by atoms with Gasteiger partial charge in [0.25, 0.3) is 11.8 Å². The molecule has 154 valence electrons. The molecule has 0 radical (unpaired) electrons. The highest BCUT2D eigenvalue weighted by Crippen LogP contribution is 2.20. The van der Waals surface area contributed by atoms with Gasteiger partial charge in [-0.2, -0.15) is 0 Å². The molecule has 5 heteroatoms. The molecule has 0 aliphatic carbocycles. The van der Waals surface area contributed by atoms with Gasteiger partial charge in [0.15, 0.2) is 6.10 Å². The fourth-order valence-corrected chi connectivity index (χ4v) is 2.90. The number of aryl methyl sites for hydroxylation is 2. The van der Waals surface area contributed by atoms with Crippen molar-refractivity contribution in [3.63, 3.8) is 0 Å². The lowest BCUT2D eigenvalue weighted by atomic mass is 10.1. The third-order valence-corrected chi connectivity index (χ3v) is 4.97. The van der Waals surface area contributed by atoms with Crippen LogP contribution in [0.25, 0.3) is 0 Å². The second-order valence-corrected chi connectivity index (χ2v) is 7.34. The minimum absolute atomic E-state index is 0.203. The van der Waals surface area contributed by atoms with Crippen molar-refractivity contribution in [2.45, 2.75) is 33.8 Å². The maximum absolute atomic E-state index is 12.5. The third-order valence-electron chi connectivity index (χ3n) is 4.97. The Morgan fingerprint density at radius 3 is 2.17 bits per heavy atom. The molecule has 0 aliphatic rings. The van der Waals surface area contributed by atoms with Crippen LogP contribution in [-0.4, -0.2) is 17.9 Å². The molecule has 0 spiro atoms. The van der Waals surface area contributed by atoms with Gasteiger partial charge in [-0.3, -0.25) is 9.59 Å². The van der Waals surface area contributed by atoms with Gasteiger partial charge in [-0.15, -0.1) is 0 Å². The van der Waals surface area contributed by atoms with Gasteiger partial charge < -0.3 is 15.4 Å². The van der Waals surface area contributed by atoms with E-state index in [9.17, 15) is 9.59 Å². The van der Waals surface area contributed by atoms with Crippen molar-refractivity contribution in [3.05, 3.63) is 89.0 Å². The van der Waals surface area contributed by atoms with Crippen molar-refractivity contribution in [1.29, 1.82) is 0 Å². The topological polar surface area (TPSA) is 67.4 Å². The number of rotatable bonds is 6. The summed E-state index contributed by atoms with van der Waals surface area (Å²) in [4.78, 5) is 24.9. The predicted molar refractivity (Wildman–Crippen MR) is 120 cm³/mol. The van der Waals surface area contributed by atoms with Crippen LogP contribution in [0, 0.1) is 20.8 Å². The molecule has 0 saturated heterocycles. The number of nitrogens with one attached hydrogen (secondary N) is 2. The Hall–Kier alpha value is -3.60. The van der Waals surface area contributed by atoms with E-state index in [2.05, 4.69) is 10.6 Å². The zero-order chi connectivity index (χ0) is 21.7. The Morgan fingerprint density at radius 1 is 0.833 bits per heavy atom. The number of carbonyl (C=O) groups is 2. The van der Waals surface area contributed by atoms with E-state index in [0.717, 1.165) is 28.1 Å². The molecule has 0 saturated carbocycles. The highest BCUT2D eigenvalue weighted by atomic mass is 16.5. The average Bonchev–Trinajstić information content (AvgIpc) is 2.73. The minimum atomic E-state index is -0.683. The molecule has 1 atom stereocenters. The van der Waals surface area contributed by atoms with Gasteiger partial charge in [-0.05, 0) is 81.3 Å². The van der Waals surface area contributed by atoms with Crippen molar-refractivity contribution in [2.24, 2.45) is 0 Å². The molecule has 0 heterocycles. The highest BCUT2D eigenvalue weighted by molar-refractivity contribution is 6.04. The summed E-state index contributed by atoms with van der Waals surface area (Å²) in [6.07, 6.45) is -0.683. The van der Waals surface area contributed by atoms with Gasteiger partial charge in [0, 0.05) is 16.9 Å². The SMILES string of the molecule is Cc1ccc(NC(=O)c2ccc(OC(C)C(=O)Nc3cccc(C)c3C)cc2)cc1. The van der Waals surface area contributed by atoms with E-state index in [1.165, 1.54) is 0 Å². The summed E-state index contributed by atoms with van der Waals surface area (Å²) >= 11 is 0. The zero-order valence-corrected chi connectivity index (χ0v) is 17.7. The molecule has 30 heavy (non-hydrogen) atoms. The highest BCUT2D eigenvalue weighted by Gasteiger charge is 2.16. The molecule has 2 amide bonds. The molecular weight excluding hydrogens is 376 g/mol. The molecule has 5 nitrogen and oxygen atoms in total. The number of hydrogen-bond donors (Lipinski definition) is 2. The number of ether oxygens (including phenoxy) is 1. The number of amides is 2. The molecular formula is C25H26N2O3. The van der Waals surface area contributed by atoms with Gasteiger partial charge in [-0.1, -0.05) is 29.8 Å². The summed E-state index contributed by atoms with van der Waals surface area (Å²) in [7, 11) is 0. The van der Waals surface area contributed by atoms with E-state index in [1.807, 2.05) is 63.2 Å². The molecule has 1 unspecified atom stereocenters. The lowest BCUT2D eigenvalue weighted by molar-refractivity contribution is -0.122. The van der Waals surface area contributed by atoms with Crippen LogP contribution < -0.4 is 15.4 Å². The first kappa shape index (κ1) is 21.1. The van der Waals surface area contributed by atoms with Crippen LogP contribution in [0.1, 0.15) is 34.0 Å². The van der Waals surface area contributed by atoms with Crippen molar-refractivity contribution in [2.75, 3.05) is 10.6 Å². The monoisotopic (exact) mass is 402 g/mol. The molecule has 0 aromatic heterocycles. The summed E-state index contributed by atoms with van der Waals surface area (Å²) in [6.45, 7) is 7.66. The van der Waals surface area contributed by atoms with E-state index < -0.39 is 6.10 Å². The van der Waals surface area contributed by atoms with Gasteiger partial charge >= 0.3 is 0 Å².